The molecule has 27 heavy (non-hydrogen) atoms. The molecule has 0 bridgehead atoms. The van der Waals surface area contributed by atoms with Crippen molar-refractivity contribution in [2.75, 3.05) is 13.1 Å². The Bertz CT molecular complexity index is 1120. The van der Waals surface area contributed by atoms with E-state index in [4.69, 9.17) is 23.2 Å². The summed E-state index contributed by atoms with van der Waals surface area (Å²) in [5, 5.41) is 1.32. The summed E-state index contributed by atoms with van der Waals surface area (Å²) in [4.78, 5) is 15.1. The minimum Gasteiger partial charge on any atom is -0.354 e. The first kappa shape index (κ1) is 19.9. The lowest BCUT2D eigenvalue weighted by Crippen LogP contribution is -2.30. The van der Waals surface area contributed by atoms with Crippen LogP contribution in [-0.4, -0.2) is 37.1 Å². The van der Waals surface area contributed by atoms with Gasteiger partial charge in [0.05, 0.1) is 20.6 Å². The van der Waals surface area contributed by atoms with Gasteiger partial charge in [-0.1, -0.05) is 43.1 Å². The fourth-order valence-electron chi connectivity index (χ4n) is 3.07. The molecule has 3 rings (SSSR count). The molecule has 5 nitrogen and oxygen atoms in total. The average molecular weight is 425 g/mol. The van der Waals surface area contributed by atoms with Crippen molar-refractivity contribution in [2.45, 2.75) is 18.7 Å². The van der Waals surface area contributed by atoms with Gasteiger partial charge in [0.15, 0.2) is 6.29 Å². The molecular formula is C19H18Cl2N2O3S. The van der Waals surface area contributed by atoms with Crippen LogP contribution in [0.2, 0.25) is 10.0 Å². The molecule has 1 N–H and O–H groups in total. The third-order valence-corrected chi connectivity index (χ3v) is 7.26. The molecule has 0 saturated carbocycles. The predicted molar refractivity (Wildman–Crippen MR) is 109 cm³/mol. The van der Waals surface area contributed by atoms with Crippen LogP contribution in [0.1, 0.15) is 24.2 Å². The number of nitrogens with zero attached hydrogens (tertiary/aromatic N) is 1. The number of hydrogen-bond donors (Lipinski definition) is 1. The summed E-state index contributed by atoms with van der Waals surface area (Å²) in [5.74, 6) is 0. The van der Waals surface area contributed by atoms with Gasteiger partial charge in [0.1, 0.15) is 0 Å². The van der Waals surface area contributed by atoms with E-state index in [9.17, 15) is 13.2 Å². The van der Waals surface area contributed by atoms with Gasteiger partial charge >= 0.3 is 0 Å². The van der Waals surface area contributed by atoms with Crippen LogP contribution in [0, 0.1) is 0 Å². The first-order chi connectivity index (χ1) is 12.8. The summed E-state index contributed by atoms with van der Waals surface area (Å²) in [6.45, 7) is 4.32. The maximum absolute atomic E-state index is 12.8. The van der Waals surface area contributed by atoms with Gasteiger partial charge in [-0.05, 0) is 30.3 Å². The van der Waals surface area contributed by atoms with Crippen LogP contribution < -0.4 is 0 Å². The number of aldehydes is 1. The SMILES string of the molecule is CCN(CC)S(=O)(=O)c1ccc2[nH]c(-c3ccc(Cl)c(Cl)c3)c(C=O)c2c1. The number of sulfonamides is 1. The Balaban J connectivity index is 2.21. The molecule has 0 aliphatic heterocycles. The molecule has 0 atom stereocenters. The first-order valence-electron chi connectivity index (χ1n) is 8.40. The molecule has 1 heterocycles. The lowest BCUT2D eigenvalue weighted by Gasteiger charge is -2.18. The van der Waals surface area contributed by atoms with Gasteiger partial charge in [0, 0.05) is 35.1 Å². The summed E-state index contributed by atoms with van der Waals surface area (Å²) in [7, 11) is -3.62. The lowest BCUT2D eigenvalue weighted by molar-refractivity contribution is 0.112. The minimum atomic E-state index is -3.62. The Hall–Kier alpha value is -1.86. The number of nitrogens with one attached hydrogen (secondary N) is 1. The highest BCUT2D eigenvalue weighted by atomic mass is 35.5. The smallest absolute Gasteiger partial charge is 0.243 e. The largest absolute Gasteiger partial charge is 0.354 e. The third-order valence-electron chi connectivity index (χ3n) is 4.48. The molecule has 3 aromatic rings. The number of H-pyrrole nitrogens is 1. The van der Waals surface area contributed by atoms with Gasteiger partial charge in [0.25, 0.3) is 0 Å². The number of rotatable bonds is 6. The summed E-state index contributed by atoms with van der Waals surface area (Å²) >= 11 is 12.1. The number of carbonyl (C=O) groups excluding carboxylic acids is 1. The molecule has 0 fully saturated rings. The van der Waals surface area contributed by atoms with E-state index in [1.807, 2.05) is 0 Å². The van der Waals surface area contributed by atoms with Crippen molar-refractivity contribution >= 4 is 50.4 Å². The van der Waals surface area contributed by atoms with E-state index in [1.54, 1.807) is 44.2 Å². The highest BCUT2D eigenvalue weighted by Crippen LogP contribution is 2.34. The Morgan fingerprint density at radius 1 is 1.04 bits per heavy atom. The van der Waals surface area contributed by atoms with E-state index in [2.05, 4.69) is 4.98 Å². The van der Waals surface area contributed by atoms with Gasteiger partial charge in [-0.15, -0.1) is 0 Å². The summed E-state index contributed by atoms with van der Waals surface area (Å²) in [6.07, 6.45) is 0.713. The van der Waals surface area contributed by atoms with Crippen LogP contribution in [0.3, 0.4) is 0 Å². The quantitative estimate of drug-likeness (QED) is 0.566. The second-order valence-electron chi connectivity index (χ2n) is 5.96. The van der Waals surface area contributed by atoms with Gasteiger partial charge in [-0.2, -0.15) is 4.31 Å². The maximum Gasteiger partial charge on any atom is 0.243 e. The van der Waals surface area contributed by atoms with Gasteiger partial charge in [0.2, 0.25) is 10.0 Å². The minimum absolute atomic E-state index is 0.154. The van der Waals surface area contributed by atoms with Crippen LogP contribution in [-0.2, 0) is 10.0 Å². The molecule has 0 unspecified atom stereocenters. The van der Waals surface area contributed by atoms with E-state index in [1.165, 1.54) is 10.4 Å². The molecule has 0 aliphatic carbocycles. The molecule has 0 spiro atoms. The van der Waals surface area contributed by atoms with Gasteiger partial charge in [-0.3, -0.25) is 4.79 Å². The fourth-order valence-corrected chi connectivity index (χ4v) is 4.85. The van der Waals surface area contributed by atoms with Crippen molar-refractivity contribution in [3.8, 4) is 11.3 Å². The molecule has 2 aromatic carbocycles. The zero-order valence-electron chi connectivity index (χ0n) is 14.8. The summed E-state index contributed by atoms with van der Waals surface area (Å²) in [6, 6.07) is 9.80. The van der Waals surface area contributed by atoms with Crippen molar-refractivity contribution in [1.29, 1.82) is 0 Å². The van der Waals surface area contributed by atoms with E-state index >= 15 is 0 Å². The molecule has 0 amide bonds. The monoisotopic (exact) mass is 424 g/mol. The standard InChI is InChI=1S/C19H18Cl2N2O3S/c1-3-23(4-2)27(25,26)13-6-8-18-14(10-13)15(11-24)19(22-18)12-5-7-16(20)17(21)9-12/h5-11,22H,3-4H2,1-2H3. The van der Waals surface area contributed by atoms with Crippen molar-refractivity contribution in [2.24, 2.45) is 0 Å². The highest BCUT2D eigenvalue weighted by Gasteiger charge is 2.23. The summed E-state index contributed by atoms with van der Waals surface area (Å²) < 4.78 is 27.0. The van der Waals surface area contributed by atoms with E-state index in [-0.39, 0.29) is 4.90 Å². The fraction of sp³-hybridized carbons (Fsp3) is 0.211. The zero-order valence-corrected chi connectivity index (χ0v) is 17.1. The van der Waals surface area contributed by atoms with Gasteiger partial charge in [-0.25, -0.2) is 8.42 Å². The van der Waals surface area contributed by atoms with Crippen molar-refractivity contribution in [3.63, 3.8) is 0 Å². The first-order valence-corrected chi connectivity index (χ1v) is 10.6. The van der Waals surface area contributed by atoms with Gasteiger partial charge < -0.3 is 4.98 Å². The Morgan fingerprint density at radius 3 is 2.33 bits per heavy atom. The number of carbonyl (C=O) groups is 1. The molecule has 142 valence electrons. The van der Waals surface area contributed by atoms with Crippen LogP contribution >= 0.6 is 23.2 Å². The molecule has 8 heteroatoms. The van der Waals surface area contributed by atoms with Crippen LogP contribution in [0.4, 0.5) is 0 Å². The number of aromatic nitrogens is 1. The van der Waals surface area contributed by atoms with Crippen LogP contribution in [0.15, 0.2) is 41.3 Å². The van der Waals surface area contributed by atoms with Crippen molar-refractivity contribution < 1.29 is 13.2 Å². The third kappa shape index (κ3) is 3.50. The zero-order chi connectivity index (χ0) is 19.8. The normalized spacial score (nSPS) is 12.0. The molecule has 1 aromatic heterocycles. The highest BCUT2D eigenvalue weighted by molar-refractivity contribution is 7.89. The maximum atomic E-state index is 12.8. The number of benzene rings is 2. The Labute approximate surface area is 167 Å². The second-order valence-corrected chi connectivity index (χ2v) is 8.71. The Kier molecular flexibility index (Phi) is 5.63. The van der Waals surface area contributed by atoms with Crippen LogP contribution in [0.5, 0.6) is 0 Å². The van der Waals surface area contributed by atoms with Crippen LogP contribution in [0.25, 0.3) is 22.2 Å². The number of halogens is 2. The predicted octanol–water partition coefficient (Wildman–Crippen LogP) is 4.98. The molecular weight excluding hydrogens is 407 g/mol. The van der Waals surface area contributed by atoms with E-state index in [0.717, 1.165) is 0 Å². The second kappa shape index (κ2) is 7.64. The van der Waals surface area contributed by atoms with E-state index < -0.39 is 10.0 Å². The molecule has 0 saturated heterocycles. The number of hydrogen-bond acceptors (Lipinski definition) is 3. The lowest BCUT2D eigenvalue weighted by atomic mass is 10.1. The topological polar surface area (TPSA) is 70.2 Å². The number of aromatic amines is 1. The molecule has 0 aliphatic rings. The number of fused-ring (bicyclic) bond motifs is 1. The van der Waals surface area contributed by atoms with Crippen molar-refractivity contribution in [3.05, 3.63) is 52.0 Å². The Morgan fingerprint density at radius 2 is 1.74 bits per heavy atom. The van der Waals surface area contributed by atoms with Crippen molar-refractivity contribution in [1.82, 2.24) is 9.29 Å². The average Bonchev–Trinajstić information content (AvgIpc) is 3.02. The van der Waals surface area contributed by atoms with E-state index in [0.29, 0.717) is 57.1 Å². The summed E-state index contributed by atoms with van der Waals surface area (Å²) in [5.41, 5.74) is 2.29. The molecule has 0 radical (unpaired) electrons.